The highest BCUT2D eigenvalue weighted by Gasteiger charge is 2.26. The lowest BCUT2D eigenvalue weighted by Gasteiger charge is -2.37. The number of carbonyl (C=O) groups excluding carboxylic acids is 1. The van der Waals surface area contributed by atoms with Crippen molar-refractivity contribution in [1.82, 2.24) is 4.90 Å². The Kier molecular flexibility index (Phi) is 5.40. The van der Waals surface area contributed by atoms with Crippen LogP contribution in [0.4, 0.5) is 10.5 Å². The summed E-state index contributed by atoms with van der Waals surface area (Å²) >= 11 is 0. The number of nitrogens with zero attached hydrogens (tertiary/aromatic N) is 2. The minimum atomic E-state index is -0.470. The van der Waals surface area contributed by atoms with E-state index in [2.05, 4.69) is 17.7 Å². The predicted molar refractivity (Wildman–Crippen MR) is 97.0 cm³/mol. The van der Waals surface area contributed by atoms with Gasteiger partial charge in [-0.2, -0.15) is 0 Å². The molecular formula is C19H27N3O2. The van der Waals surface area contributed by atoms with Gasteiger partial charge in [-0.15, -0.1) is 6.42 Å². The first-order valence-corrected chi connectivity index (χ1v) is 8.28. The highest BCUT2D eigenvalue weighted by atomic mass is 16.6. The molecule has 0 radical (unpaired) electrons. The number of ether oxygens (including phenoxy) is 1. The van der Waals surface area contributed by atoms with Crippen LogP contribution in [0.1, 0.15) is 37.5 Å². The minimum Gasteiger partial charge on any atom is -0.444 e. The van der Waals surface area contributed by atoms with Crippen molar-refractivity contribution in [3.63, 3.8) is 0 Å². The number of terminal acetylenes is 1. The Morgan fingerprint density at radius 3 is 2.42 bits per heavy atom. The van der Waals surface area contributed by atoms with Gasteiger partial charge in [0.15, 0.2) is 0 Å². The molecule has 130 valence electrons. The summed E-state index contributed by atoms with van der Waals surface area (Å²) in [5, 5.41) is 0. The molecule has 2 rings (SSSR count). The topological polar surface area (TPSA) is 58.8 Å². The Morgan fingerprint density at radius 1 is 1.29 bits per heavy atom. The number of anilines is 1. The molecule has 1 saturated heterocycles. The molecule has 24 heavy (non-hydrogen) atoms. The Morgan fingerprint density at radius 2 is 1.92 bits per heavy atom. The van der Waals surface area contributed by atoms with Crippen molar-refractivity contribution in [2.45, 2.75) is 39.8 Å². The smallest absolute Gasteiger partial charge is 0.410 e. The number of carbonyl (C=O) groups is 1. The van der Waals surface area contributed by atoms with E-state index >= 15 is 0 Å². The summed E-state index contributed by atoms with van der Waals surface area (Å²) in [4.78, 5) is 16.2. The Balaban J connectivity index is 2.10. The summed E-state index contributed by atoms with van der Waals surface area (Å²) in [6.45, 7) is 10.9. The fourth-order valence-electron chi connectivity index (χ4n) is 2.84. The van der Waals surface area contributed by atoms with Crippen LogP contribution >= 0.6 is 0 Å². The van der Waals surface area contributed by atoms with E-state index in [1.807, 2.05) is 32.9 Å². The lowest BCUT2D eigenvalue weighted by Crippen LogP contribution is -2.50. The standard InChI is InChI=1S/C19H27N3O2/c1-6-15-11-16(13-20)14(2)17(12-15)21-7-9-22(10-8-21)18(23)24-19(3,4)5/h1,11-12H,7-10,13,20H2,2-5H3. The van der Waals surface area contributed by atoms with Crippen LogP contribution in [0.3, 0.4) is 0 Å². The zero-order valence-electron chi connectivity index (χ0n) is 15.1. The van der Waals surface area contributed by atoms with Crippen molar-refractivity contribution in [3.05, 3.63) is 28.8 Å². The Labute approximate surface area is 144 Å². The maximum Gasteiger partial charge on any atom is 0.410 e. The van der Waals surface area contributed by atoms with Gasteiger partial charge in [0.05, 0.1) is 0 Å². The highest BCUT2D eigenvalue weighted by molar-refractivity contribution is 5.69. The molecule has 1 aromatic rings. The molecule has 0 aromatic heterocycles. The summed E-state index contributed by atoms with van der Waals surface area (Å²) in [7, 11) is 0. The second-order valence-electron chi connectivity index (χ2n) is 7.08. The van der Waals surface area contributed by atoms with Crippen molar-refractivity contribution in [1.29, 1.82) is 0 Å². The molecular weight excluding hydrogens is 302 g/mol. The molecule has 1 amide bonds. The average Bonchev–Trinajstić information content (AvgIpc) is 2.53. The second-order valence-corrected chi connectivity index (χ2v) is 7.08. The molecule has 1 aliphatic rings. The van der Waals surface area contributed by atoms with Gasteiger partial charge in [0, 0.05) is 44.0 Å². The third-order valence-electron chi connectivity index (χ3n) is 4.15. The van der Waals surface area contributed by atoms with Crippen LogP contribution in [0.25, 0.3) is 0 Å². The first-order chi connectivity index (χ1) is 11.2. The third-order valence-corrected chi connectivity index (χ3v) is 4.15. The number of piperazine rings is 1. The van der Waals surface area contributed by atoms with E-state index in [9.17, 15) is 4.79 Å². The summed E-state index contributed by atoms with van der Waals surface area (Å²) in [5.74, 6) is 2.69. The molecule has 0 bridgehead atoms. The predicted octanol–water partition coefficient (Wildman–Crippen LogP) is 2.49. The molecule has 5 heteroatoms. The van der Waals surface area contributed by atoms with E-state index in [-0.39, 0.29) is 6.09 Å². The Hall–Kier alpha value is -2.19. The number of hydrogen-bond acceptors (Lipinski definition) is 4. The molecule has 2 N–H and O–H groups in total. The van der Waals surface area contributed by atoms with E-state index in [4.69, 9.17) is 16.9 Å². The van der Waals surface area contributed by atoms with Gasteiger partial charge in [0.2, 0.25) is 0 Å². The summed E-state index contributed by atoms with van der Waals surface area (Å²) in [6.07, 6.45) is 5.31. The third kappa shape index (κ3) is 4.21. The van der Waals surface area contributed by atoms with Crippen molar-refractivity contribution in [2.24, 2.45) is 5.73 Å². The molecule has 1 heterocycles. The zero-order chi connectivity index (χ0) is 17.9. The SMILES string of the molecule is C#Cc1cc(CN)c(C)c(N2CCN(C(=O)OC(C)(C)C)CC2)c1. The summed E-state index contributed by atoms with van der Waals surface area (Å²) < 4.78 is 5.44. The van der Waals surface area contributed by atoms with Crippen molar-refractivity contribution < 1.29 is 9.53 Å². The van der Waals surface area contributed by atoms with Gasteiger partial charge in [-0.3, -0.25) is 0 Å². The Bertz CT molecular complexity index is 648. The summed E-state index contributed by atoms with van der Waals surface area (Å²) in [5.41, 5.74) is 9.53. The molecule has 0 spiro atoms. The molecule has 0 saturated carbocycles. The molecule has 1 aliphatic heterocycles. The number of rotatable bonds is 2. The van der Waals surface area contributed by atoms with Gasteiger partial charge in [0.25, 0.3) is 0 Å². The van der Waals surface area contributed by atoms with Gasteiger partial charge >= 0.3 is 6.09 Å². The van der Waals surface area contributed by atoms with Gasteiger partial charge in [-0.1, -0.05) is 5.92 Å². The van der Waals surface area contributed by atoms with E-state index in [0.717, 1.165) is 35.5 Å². The van der Waals surface area contributed by atoms with Crippen LogP contribution in [-0.2, 0) is 11.3 Å². The second kappa shape index (κ2) is 7.14. The van der Waals surface area contributed by atoms with Gasteiger partial charge < -0.3 is 20.3 Å². The normalized spacial score (nSPS) is 15.2. The largest absolute Gasteiger partial charge is 0.444 e. The maximum absolute atomic E-state index is 12.2. The van der Waals surface area contributed by atoms with E-state index < -0.39 is 5.60 Å². The van der Waals surface area contributed by atoms with Crippen LogP contribution in [0.15, 0.2) is 12.1 Å². The van der Waals surface area contributed by atoms with E-state index in [1.54, 1.807) is 4.90 Å². The molecule has 0 atom stereocenters. The fourth-order valence-corrected chi connectivity index (χ4v) is 2.84. The van der Waals surface area contributed by atoms with Gasteiger partial charge in [-0.05, 0) is 51.0 Å². The lowest BCUT2D eigenvalue weighted by atomic mass is 10.0. The number of nitrogens with two attached hydrogens (primary N) is 1. The first-order valence-electron chi connectivity index (χ1n) is 8.28. The summed E-state index contributed by atoms with van der Waals surface area (Å²) in [6, 6.07) is 3.99. The molecule has 1 aromatic carbocycles. The molecule has 0 aliphatic carbocycles. The molecule has 5 nitrogen and oxygen atoms in total. The number of benzene rings is 1. The highest BCUT2D eigenvalue weighted by Crippen LogP contribution is 2.26. The van der Waals surface area contributed by atoms with Crippen LogP contribution in [0.5, 0.6) is 0 Å². The quantitative estimate of drug-likeness (QED) is 0.847. The van der Waals surface area contributed by atoms with Crippen molar-refractivity contribution in [2.75, 3.05) is 31.1 Å². The monoisotopic (exact) mass is 329 g/mol. The lowest BCUT2D eigenvalue weighted by molar-refractivity contribution is 0.0240. The van der Waals surface area contributed by atoms with Crippen LogP contribution in [-0.4, -0.2) is 42.8 Å². The zero-order valence-corrected chi connectivity index (χ0v) is 15.1. The van der Waals surface area contributed by atoms with E-state index in [1.165, 1.54) is 0 Å². The van der Waals surface area contributed by atoms with Crippen LogP contribution in [0, 0.1) is 19.3 Å². The maximum atomic E-state index is 12.2. The minimum absolute atomic E-state index is 0.251. The number of hydrogen-bond donors (Lipinski definition) is 1. The van der Waals surface area contributed by atoms with Crippen molar-refractivity contribution >= 4 is 11.8 Å². The number of amides is 1. The van der Waals surface area contributed by atoms with Crippen LogP contribution < -0.4 is 10.6 Å². The first kappa shape index (κ1) is 18.2. The molecule has 1 fully saturated rings. The van der Waals surface area contributed by atoms with Crippen molar-refractivity contribution in [3.8, 4) is 12.3 Å². The van der Waals surface area contributed by atoms with Gasteiger partial charge in [-0.25, -0.2) is 4.79 Å². The fraction of sp³-hybridized carbons (Fsp3) is 0.526. The van der Waals surface area contributed by atoms with E-state index in [0.29, 0.717) is 19.6 Å². The average molecular weight is 329 g/mol. The van der Waals surface area contributed by atoms with Gasteiger partial charge in [0.1, 0.15) is 5.60 Å². The van der Waals surface area contributed by atoms with Crippen LogP contribution in [0.2, 0.25) is 0 Å². The molecule has 0 unspecified atom stereocenters.